The first kappa shape index (κ1) is 19.4. The van der Waals surface area contributed by atoms with Crippen LogP contribution in [0.4, 0.5) is 0 Å². The molecule has 1 aliphatic heterocycles. The minimum atomic E-state index is -0.234. The van der Waals surface area contributed by atoms with Crippen molar-refractivity contribution in [2.24, 2.45) is 28.6 Å². The summed E-state index contributed by atoms with van der Waals surface area (Å²) >= 11 is 4.05. The van der Waals surface area contributed by atoms with Crippen LogP contribution in [0.25, 0.3) is 0 Å². The van der Waals surface area contributed by atoms with Crippen LogP contribution in [0.15, 0.2) is 0 Å². The number of ether oxygens (including phenoxy) is 1. The molecule has 1 saturated heterocycles. The number of fused-ring (bicyclic) bond motifs is 3. The molecule has 0 spiro atoms. The summed E-state index contributed by atoms with van der Waals surface area (Å²) in [6, 6.07) is 0. The van der Waals surface area contributed by atoms with E-state index in [9.17, 15) is 9.90 Å². The van der Waals surface area contributed by atoms with Crippen molar-refractivity contribution in [1.82, 2.24) is 0 Å². The highest BCUT2D eigenvalue weighted by Crippen LogP contribution is 2.64. The largest absolute Gasteiger partial charge is 0.462 e. The first-order valence-electron chi connectivity index (χ1n) is 10.4. The molecule has 0 amide bonds. The first-order chi connectivity index (χ1) is 12.3. The van der Waals surface area contributed by atoms with E-state index < -0.39 is 0 Å². The van der Waals surface area contributed by atoms with Gasteiger partial charge in [0.1, 0.15) is 6.10 Å². The average molecular weight is 399 g/mol. The third-order valence-electron chi connectivity index (χ3n) is 8.20. The summed E-state index contributed by atoms with van der Waals surface area (Å²) in [4.78, 5) is 11.8. The fraction of sp³-hybridized carbons (Fsp3) is 0.952. The molecule has 3 saturated carbocycles. The summed E-state index contributed by atoms with van der Waals surface area (Å²) in [6.45, 7) is 6.33. The van der Waals surface area contributed by atoms with Crippen molar-refractivity contribution in [2.75, 3.05) is 11.5 Å². The van der Waals surface area contributed by atoms with Crippen LogP contribution in [0.3, 0.4) is 0 Å². The average Bonchev–Trinajstić information content (AvgIpc) is 3.12. The SMILES string of the molecule is CC(=O)O[C@@H]1C[C@@H]2CCCC[C@]2(C)[C@H]2C[C@@H](O)[C@](C)(C3SCCS3)C[C@H]12. The molecule has 4 rings (SSSR count). The molecule has 0 aromatic heterocycles. The molecular formula is C21H34O3S2. The Labute approximate surface area is 166 Å². The van der Waals surface area contributed by atoms with E-state index in [0.29, 0.717) is 27.8 Å². The normalized spacial score (nSPS) is 49.3. The maximum atomic E-state index is 11.8. The number of hydrogen-bond acceptors (Lipinski definition) is 5. The predicted octanol–water partition coefficient (Wildman–Crippen LogP) is 4.72. The van der Waals surface area contributed by atoms with Gasteiger partial charge < -0.3 is 9.84 Å². The number of aliphatic hydroxyl groups excluding tert-OH is 1. The number of thioether (sulfide) groups is 2. The fourth-order valence-electron chi connectivity index (χ4n) is 6.72. The summed E-state index contributed by atoms with van der Waals surface area (Å²) in [5, 5.41) is 11.3. The molecule has 4 aliphatic rings. The minimum Gasteiger partial charge on any atom is -0.462 e. The lowest BCUT2D eigenvalue weighted by molar-refractivity contribution is -0.186. The van der Waals surface area contributed by atoms with E-state index in [2.05, 4.69) is 13.8 Å². The molecule has 3 aliphatic carbocycles. The third kappa shape index (κ3) is 3.14. The Kier molecular flexibility index (Phi) is 5.37. The molecule has 148 valence electrons. The van der Waals surface area contributed by atoms with Crippen LogP contribution in [-0.2, 0) is 9.53 Å². The summed E-state index contributed by atoms with van der Waals surface area (Å²) < 4.78 is 6.39. The topological polar surface area (TPSA) is 46.5 Å². The summed E-state index contributed by atoms with van der Waals surface area (Å²) in [5.74, 6) is 3.80. The zero-order chi connectivity index (χ0) is 18.5. The van der Waals surface area contributed by atoms with Gasteiger partial charge >= 0.3 is 5.97 Å². The molecule has 1 N–H and O–H groups in total. The smallest absolute Gasteiger partial charge is 0.302 e. The molecule has 1 heterocycles. The Bertz CT molecular complexity index is 549. The van der Waals surface area contributed by atoms with E-state index in [1.807, 2.05) is 23.5 Å². The second-order valence-electron chi connectivity index (χ2n) is 9.64. The minimum absolute atomic E-state index is 0.0527. The van der Waals surface area contributed by atoms with E-state index in [0.717, 1.165) is 19.3 Å². The van der Waals surface area contributed by atoms with Crippen LogP contribution in [0.1, 0.15) is 65.7 Å². The van der Waals surface area contributed by atoms with Crippen molar-refractivity contribution in [3.8, 4) is 0 Å². The second-order valence-corrected chi connectivity index (χ2v) is 12.4. The van der Waals surface area contributed by atoms with E-state index >= 15 is 0 Å². The number of rotatable bonds is 2. The summed E-state index contributed by atoms with van der Waals surface area (Å²) in [6.07, 6.45) is 7.92. The lowest BCUT2D eigenvalue weighted by Gasteiger charge is -2.61. The van der Waals surface area contributed by atoms with Crippen molar-refractivity contribution in [2.45, 2.75) is 82.5 Å². The lowest BCUT2D eigenvalue weighted by atomic mass is 9.46. The highest BCUT2D eigenvalue weighted by molar-refractivity contribution is 8.20. The second kappa shape index (κ2) is 7.18. The Balaban J connectivity index is 1.65. The van der Waals surface area contributed by atoms with Crippen molar-refractivity contribution in [3.05, 3.63) is 0 Å². The predicted molar refractivity (Wildman–Crippen MR) is 109 cm³/mol. The van der Waals surface area contributed by atoms with Gasteiger partial charge in [-0.15, -0.1) is 23.5 Å². The molecule has 5 heteroatoms. The zero-order valence-corrected chi connectivity index (χ0v) is 18.0. The fourth-order valence-corrected chi connectivity index (χ4v) is 10.1. The Morgan fingerprint density at radius 3 is 2.54 bits per heavy atom. The Hall–Kier alpha value is 0.130. The maximum absolute atomic E-state index is 11.8. The Morgan fingerprint density at radius 1 is 1.12 bits per heavy atom. The highest BCUT2D eigenvalue weighted by atomic mass is 32.2. The van der Waals surface area contributed by atoms with Gasteiger partial charge in [0.2, 0.25) is 0 Å². The number of hydrogen-bond donors (Lipinski definition) is 1. The van der Waals surface area contributed by atoms with E-state index in [4.69, 9.17) is 4.74 Å². The Morgan fingerprint density at radius 2 is 1.85 bits per heavy atom. The van der Waals surface area contributed by atoms with Gasteiger partial charge in [0.15, 0.2) is 0 Å². The van der Waals surface area contributed by atoms with Crippen molar-refractivity contribution in [1.29, 1.82) is 0 Å². The molecule has 4 fully saturated rings. The van der Waals surface area contributed by atoms with Crippen molar-refractivity contribution in [3.63, 3.8) is 0 Å². The van der Waals surface area contributed by atoms with Crippen LogP contribution >= 0.6 is 23.5 Å². The molecule has 0 bridgehead atoms. The third-order valence-corrected chi connectivity index (χ3v) is 11.8. The van der Waals surface area contributed by atoms with Crippen LogP contribution in [0.5, 0.6) is 0 Å². The molecule has 3 nitrogen and oxygen atoms in total. The summed E-state index contributed by atoms with van der Waals surface area (Å²) in [7, 11) is 0. The quantitative estimate of drug-likeness (QED) is 0.682. The lowest BCUT2D eigenvalue weighted by Crippen LogP contribution is -2.59. The van der Waals surface area contributed by atoms with Gasteiger partial charge in [0.25, 0.3) is 0 Å². The van der Waals surface area contributed by atoms with Gasteiger partial charge in [-0.2, -0.15) is 0 Å². The monoisotopic (exact) mass is 398 g/mol. The van der Waals surface area contributed by atoms with Crippen LogP contribution in [0.2, 0.25) is 0 Å². The van der Waals surface area contributed by atoms with Gasteiger partial charge in [0.05, 0.1) is 10.7 Å². The van der Waals surface area contributed by atoms with E-state index in [1.54, 1.807) is 6.92 Å². The van der Waals surface area contributed by atoms with Gasteiger partial charge in [0, 0.05) is 29.8 Å². The zero-order valence-electron chi connectivity index (χ0n) is 16.4. The molecular weight excluding hydrogens is 364 g/mol. The van der Waals surface area contributed by atoms with Gasteiger partial charge in [-0.3, -0.25) is 4.79 Å². The number of carbonyl (C=O) groups is 1. The molecule has 0 aromatic carbocycles. The van der Waals surface area contributed by atoms with E-state index in [1.165, 1.54) is 37.2 Å². The maximum Gasteiger partial charge on any atom is 0.302 e. The molecule has 26 heavy (non-hydrogen) atoms. The first-order valence-corrected chi connectivity index (χ1v) is 12.5. The molecule has 7 atom stereocenters. The number of esters is 1. The van der Waals surface area contributed by atoms with E-state index in [-0.39, 0.29) is 23.6 Å². The molecule has 0 radical (unpaired) electrons. The van der Waals surface area contributed by atoms with Gasteiger partial charge in [-0.1, -0.05) is 26.7 Å². The summed E-state index contributed by atoms with van der Waals surface area (Å²) in [5.41, 5.74) is 0.251. The molecule has 0 aromatic rings. The highest BCUT2D eigenvalue weighted by Gasteiger charge is 2.60. The van der Waals surface area contributed by atoms with Gasteiger partial charge in [-0.05, 0) is 49.4 Å². The standard InChI is InChI=1S/C21H34O3S2/c1-13(22)24-17-10-14-6-4-5-7-20(14,2)16-11-18(23)21(3,12-15(16)17)19-25-8-9-26-19/h14-19,23H,4-12H2,1-3H3/t14-,15-,16-,17+,18+,20-,21+/m0/s1. The number of aliphatic hydroxyl groups is 1. The van der Waals surface area contributed by atoms with Crippen LogP contribution < -0.4 is 0 Å². The van der Waals surface area contributed by atoms with Gasteiger partial charge in [-0.25, -0.2) is 0 Å². The molecule has 0 unspecified atom stereocenters. The number of carbonyl (C=O) groups excluding carboxylic acids is 1. The van der Waals surface area contributed by atoms with Crippen LogP contribution in [0, 0.1) is 28.6 Å². The van der Waals surface area contributed by atoms with Crippen LogP contribution in [-0.4, -0.2) is 39.4 Å². The van der Waals surface area contributed by atoms with Crippen molar-refractivity contribution < 1.29 is 14.6 Å². The van der Waals surface area contributed by atoms with Crippen molar-refractivity contribution >= 4 is 29.5 Å².